The van der Waals surface area contributed by atoms with E-state index in [-0.39, 0.29) is 60.2 Å². The summed E-state index contributed by atoms with van der Waals surface area (Å²) >= 11 is 0. The molecule has 0 spiro atoms. The second-order valence-corrected chi connectivity index (χ2v) is 15.5. The molecule has 1 amide bonds. The van der Waals surface area contributed by atoms with Crippen LogP contribution in [0.2, 0.25) is 0 Å². The summed E-state index contributed by atoms with van der Waals surface area (Å²) in [6, 6.07) is 10.3. The molecule has 2 saturated carbocycles. The van der Waals surface area contributed by atoms with Crippen molar-refractivity contribution < 1.29 is 31.1 Å². The fraction of sp³-hybridized carbons (Fsp3) is 0.514. The molecule has 2 aliphatic carbocycles. The molecule has 1 aromatic heterocycles. The number of aromatic nitrogens is 2. The smallest absolute Gasteiger partial charge is 0.394 e. The summed E-state index contributed by atoms with van der Waals surface area (Å²) in [7, 11) is -0.286. The Bertz CT molecular complexity index is 1800. The maximum Gasteiger partial charge on any atom is 0.394 e. The molecule has 48 heavy (non-hydrogen) atoms. The van der Waals surface area contributed by atoms with Gasteiger partial charge in [0.15, 0.2) is 0 Å². The summed E-state index contributed by atoms with van der Waals surface area (Å²) in [5, 5.41) is 0. The van der Waals surface area contributed by atoms with E-state index in [2.05, 4.69) is 19.6 Å². The highest BCUT2D eigenvalue weighted by Crippen LogP contribution is 2.61. The van der Waals surface area contributed by atoms with Gasteiger partial charge in [0.25, 0.3) is 15.9 Å². The van der Waals surface area contributed by atoms with E-state index in [1.807, 2.05) is 46.1 Å². The number of rotatable bonds is 5. The van der Waals surface area contributed by atoms with Crippen LogP contribution in [0.1, 0.15) is 72.0 Å². The first-order chi connectivity index (χ1) is 22.6. The van der Waals surface area contributed by atoms with Crippen LogP contribution in [0.15, 0.2) is 47.4 Å². The van der Waals surface area contributed by atoms with Crippen LogP contribution in [0, 0.1) is 26.2 Å². The summed E-state index contributed by atoms with van der Waals surface area (Å²) in [4.78, 5) is 27.1. The fourth-order valence-electron chi connectivity index (χ4n) is 7.34. The van der Waals surface area contributed by atoms with Gasteiger partial charge < -0.3 is 14.5 Å². The molecule has 258 valence electrons. The van der Waals surface area contributed by atoms with Gasteiger partial charge in [0.1, 0.15) is 6.61 Å². The number of nitrogens with one attached hydrogen (secondary N) is 1. The zero-order valence-electron chi connectivity index (χ0n) is 27.9. The number of hydrogen-bond donors (Lipinski definition) is 1. The number of amides is 1. The number of anilines is 1. The standard InChI is InChI=1S/C35H42F3N5O4S/c1-21-8-6-9-22(2)29(21)30-23(3)31-40-33(39-30)41-48(45,46)28-11-7-10-24(18-28)32(44)43(26-14-12-25(13-15-26)42(4)5)27(20-47-31)19-34(16-17-34)35(36,37)38/h6-11,18,25-27H,12-17,19-20H2,1-5H3,(H,39,40,41)/t25-,26+,27-/m1/s1. The number of aryl methyl sites for hydroxylation is 2. The molecule has 13 heteroatoms. The lowest BCUT2D eigenvalue weighted by Gasteiger charge is -2.43. The number of carbonyl (C=O) groups is 1. The SMILES string of the molecule is Cc1cccc(C)c1-c1nc2nc(c1C)OC[C@@H](CC1(C(F)(F)F)CC1)N([C@H]1CC[C@@H](N(C)C)CC1)C(=O)c1cccc(c1)S(=O)(=O)N2. The topological polar surface area (TPSA) is 105 Å². The molecular weight excluding hydrogens is 643 g/mol. The number of hydrogen-bond acceptors (Lipinski definition) is 7. The van der Waals surface area contributed by atoms with Crippen LogP contribution in [-0.2, 0) is 10.0 Å². The maximum atomic E-state index is 14.5. The molecule has 1 atom stereocenters. The van der Waals surface area contributed by atoms with Gasteiger partial charge in [0, 0.05) is 28.8 Å². The molecule has 1 N–H and O–H groups in total. The molecule has 2 aromatic carbocycles. The highest BCUT2D eigenvalue weighted by Gasteiger charge is 2.64. The van der Waals surface area contributed by atoms with Gasteiger partial charge in [-0.15, -0.1) is 0 Å². The van der Waals surface area contributed by atoms with Crippen molar-refractivity contribution in [2.45, 2.75) is 94.9 Å². The van der Waals surface area contributed by atoms with E-state index >= 15 is 0 Å². The van der Waals surface area contributed by atoms with Crippen molar-refractivity contribution in [1.29, 1.82) is 0 Å². The molecule has 3 aliphatic rings. The van der Waals surface area contributed by atoms with Crippen molar-refractivity contribution in [1.82, 2.24) is 19.8 Å². The van der Waals surface area contributed by atoms with E-state index in [4.69, 9.17) is 4.74 Å². The van der Waals surface area contributed by atoms with E-state index in [0.29, 0.717) is 24.1 Å². The Balaban J connectivity index is 1.52. The molecule has 2 heterocycles. The number of carbonyl (C=O) groups excluding carboxylic acids is 1. The second kappa shape index (κ2) is 12.6. The molecule has 6 rings (SSSR count). The summed E-state index contributed by atoms with van der Waals surface area (Å²) in [6.07, 6.45) is -2.09. The Labute approximate surface area is 280 Å². The minimum atomic E-state index is -4.45. The summed E-state index contributed by atoms with van der Waals surface area (Å²) in [6.45, 7) is 5.32. The lowest BCUT2D eigenvalue weighted by Crippen LogP contribution is -2.53. The Morgan fingerprint density at radius 1 is 1.00 bits per heavy atom. The van der Waals surface area contributed by atoms with E-state index in [1.54, 1.807) is 11.8 Å². The van der Waals surface area contributed by atoms with Crippen LogP contribution in [0.25, 0.3) is 11.3 Å². The average molecular weight is 686 g/mol. The number of alkyl halides is 3. The van der Waals surface area contributed by atoms with Gasteiger partial charge in [-0.25, -0.2) is 18.1 Å². The fourth-order valence-corrected chi connectivity index (χ4v) is 8.33. The Hall–Kier alpha value is -3.71. The number of benzene rings is 2. The third-order valence-electron chi connectivity index (χ3n) is 10.3. The third-order valence-corrected chi connectivity index (χ3v) is 11.7. The van der Waals surface area contributed by atoms with Gasteiger partial charge in [-0.05, 0) is 109 Å². The number of halogens is 3. The van der Waals surface area contributed by atoms with Crippen molar-refractivity contribution in [3.63, 3.8) is 0 Å². The van der Waals surface area contributed by atoms with Gasteiger partial charge in [-0.1, -0.05) is 24.3 Å². The van der Waals surface area contributed by atoms with E-state index in [0.717, 1.165) is 29.5 Å². The minimum Gasteiger partial charge on any atom is -0.475 e. The van der Waals surface area contributed by atoms with Crippen molar-refractivity contribution in [3.05, 3.63) is 64.7 Å². The lowest BCUT2D eigenvalue weighted by molar-refractivity contribution is -0.193. The zero-order valence-corrected chi connectivity index (χ0v) is 28.7. The van der Waals surface area contributed by atoms with Crippen molar-refractivity contribution in [3.8, 4) is 17.1 Å². The number of nitrogens with zero attached hydrogens (tertiary/aromatic N) is 4. The van der Waals surface area contributed by atoms with E-state index in [9.17, 15) is 26.4 Å². The van der Waals surface area contributed by atoms with E-state index < -0.39 is 33.6 Å². The van der Waals surface area contributed by atoms with Crippen LogP contribution in [0.4, 0.5) is 19.1 Å². The third kappa shape index (κ3) is 6.50. The quantitative estimate of drug-likeness (QED) is 0.320. The largest absolute Gasteiger partial charge is 0.475 e. The summed E-state index contributed by atoms with van der Waals surface area (Å²) in [5.41, 5.74) is 1.67. The molecule has 4 bridgehead atoms. The van der Waals surface area contributed by atoms with Gasteiger partial charge in [-0.3, -0.25) is 4.79 Å². The van der Waals surface area contributed by atoms with Crippen molar-refractivity contribution in [2.24, 2.45) is 5.41 Å². The minimum absolute atomic E-state index is 0.0204. The van der Waals surface area contributed by atoms with Crippen LogP contribution >= 0.6 is 0 Å². The van der Waals surface area contributed by atoms with Crippen LogP contribution in [0.5, 0.6) is 5.88 Å². The molecule has 2 fully saturated rings. The monoisotopic (exact) mass is 685 g/mol. The molecule has 0 saturated heterocycles. The van der Waals surface area contributed by atoms with Gasteiger partial charge in [0.05, 0.1) is 22.0 Å². The molecule has 9 nitrogen and oxygen atoms in total. The van der Waals surface area contributed by atoms with Crippen LogP contribution < -0.4 is 9.46 Å². The molecular formula is C35H42F3N5O4S. The lowest BCUT2D eigenvalue weighted by atomic mass is 9.86. The van der Waals surface area contributed by atoms with Gasteiger partial charge in [0.2, 0.25) is 11.8 Å². The van der Waals surface area contributed by atoms with Gasteiger partial charge in [-0.2, -0.15) is 18.2 Å². The summed E-state index contributed by atoms with van der Waals surface area (Å²) < 4.78 is 79.8. The van der Waals surface area contributed by atoms with Crippen molar-refractivity contribution >= 4 is 21.9 Å². The highest BCUT2D eigenvalue weighted by molar-refractivity contribution is 7.92. The molecule has 3 aromatic rings. The Morgan fingerprint density at radius 2 is 1.65 bits per heavy atom. The van der Waals surface area contributed by atoms with Gasteiger partial charge >= 0.3 is 6.18 Å². The zero-order chi connectivity index (χ0) is 34.6. The van der Waals surface area contributed by atoms with Crippen molar-refractivity contribution in [2.75, 3.05) is 25.4 Å². The number of ether oxygens (including phenoxy) is 1. The predicted octanol–water partition coefficient (Wildman–Crippen LogP) is 6.68. The first-order valence-corrected chi connectivity index (χ1v) is 17.9. The second-order valence-electron chi connectivity index (χ2n) is 13.8. The predicted molar refractivity (Wildman–Crippen MR) is 176 cm³/mol. The van der Waals surface area contributed by atoms with Crippen LogP contribution in [0.3, 0.4) is 0 Å². The average Bonchev–Trinajstić information content (AvgIpc) is 3.82. The first kappa shape index (κ1) is 34.2. The van der Waals surface area contributed by atoms with E-state index in [1.165, 1.54) is 24.3 Å². The number of fused-ring (bicyclic) bond motifs is 4. The number of sulfonamides is 1. The molecule has 0 radical (unpaired) electrons. The highest BCUT2D eigenvalue weighted by atomic mass is 32.2. The molecule has 1 aliphatic heterocycles. The summed E-state index contributed by atoms with van der Waals surface area (Å²) in [5.74, 6) is -0.720. The Kier molecular flexibility index (Phi) is 8.99. The molecule has 0 unspecified atom stereocenters. The maximum absolute atomic E-state index is 14.5. The normalized spacial score (nSPS) is 23.7. The first-order valence-electron chi connectivity index (χ1n) is 16.4. The Morgan fingerprint density at radius 3 is 2.25 bits per heavy atom. The van der Waals surface area contributed by atoms with Crippen LogP contribution in [-0.4, -0.2) is 79.1 Å².